The summed E-state index contributed by atoms with van der Waals surface area (Å²) in [6.07, 6.45) is 3.58. The number of ether oxygens (including phenoxy) is 2. The Bertz CT molecular complexity index is 689. The van der Waals surface area contributed by atoms with E-state index in [-0.39, 0.29) is 0 Å². The van der Waals surface area contributed by atoms with E-state index in [2.05, 4.69) is 46.1 Å². The number of benzene rings is 1. The summed E-state index contributed by atoms with van der Waals surface area (Å²) in [4.78, 5) is 9.50. The molecule has 0 saturated carbocycles. The molecule has 156 valence electrons. The lowest BCUT2D eigenvalue weighted by Crippen LogP contribution is -2.48. The molecule has 2 aliphatic rings. The van der Waals surface area contributed by atoms with Crippen LogP contribution in [0, 0.1) is 5.92 Å². The highest BCUT2D eigenvalue weighted by atomic mass is 16.5. The fourth-order valence-electron chi connectivity index (χ4n) is 4.36. The number of aliphatic imine (C=N–C) groups is 1. The monoisotopic (exact) mass is 388 g/mol. The third-order valence-corrected chi connectivity index (χ3v) is 6.06. The van der Waals surface area contributed by atoms with Gasteiger partial charge in [-0.15, -0.1) is 0 Å². The molecule has 3 rings (SSSR count). The highest BCUT2D eigenvalue weighted by Crippen LogP contribution is 2.33. The molecule has 6 nitrogen and oxygen atoms in total. The zero-order valence-electron chi connectivity index (χ0n) is 18.1. The largest absolute Gasteiger partial charge is 0.493 e. The fraction of sp³-hybridized carbons (Fsp3) is 0.682. The molecule has 1 aromatic carbocycles. The summed E-state index contributed by atoms with van der Waals surface area (Å²) >= 11 is 0. The number of nitrogens with zero attached hydrogens (tertiary/aromatic N) is 3. The van der Waals surface area contributed by atoms with Gasteiger partial charge in [0, 0.05) is 39.3 Å². The molecule has 1 saturated heterocycles. The lowest BCUT2D eigenvalue weighted by Gasteiger charge is -2.37. The number of piperidine rings is 1. The number of rotatable bonds is 5. The number of hydrogen-bond acceptors (Lipinski definition) is 4. The van der Waals surface area contributed by atoms with Crippen LogP contribution in [-0.4, -0.2) is 69.2 Å². The highest BCUT2D eigenvalue weighted by Gasteiger charge is 2.24. The van der Waals surface area contributed by atoms with Crippen LogP contribution in [0.25, 0.3) is 0 Å². The summed E-state index contributed by atoms with van der Waals surface area (Å²) in [5, 5.41) is 3.64. The second-order valence-electron chi connectivity index (χ2n) is 8.17. The van der Waals surface area contributed by atoms with Gasteiger partial charge in [-0.25, -0.2) is 0 Å². The average molecular weight is 389 g/mol. The van der Waals surface area contributed by atoms with Crippen molar-refractivity contribution >= 4 is 5.96 Å². The Hall–Kier alpha value is -1.95. The van der Waals surface area contributed by atoms with Crippen molar-refractivity contribution in [2.75, 3.05) is 47.4 Å². The van der Waals surface area contributed by atoms with E-state index in [0.29, 0.717) is 12.0 Å². The normalized spacial score (nSPS) is 20.9. The molecule has 2 aliphatic heterocycles. The maximum absolute atomic E-state index is 5.49. The van der Waals surface area contributed by atoms with E-state index in [1.54, 1.807) is 14.2 Å². The van der Waals surface area contributed by atoms with Crippen LogP contribution in [0.3, 0.4) is 0 Å². The molecule has 0 spiro atoms. The molecular weight excluding hydrogens is 352 g/mol. The third kappa shape index (κ3) is 4.72. The van der Waals surface area contributed by atoms with Crippen LogP contribution in [-0.2, 0) is 13.0 Å². The van der Waals surface area contributed by atoms with Crippen molar-refractivity contribution in [1.29, 1.82) is 0 Å². The minimum atomic E-state index is 0.632. The first-order valence-corrected chi connectivity index (χ1v) is 10.5. The Labute approximate surface area is 169 Å². The minimum Gasteiger partial charge on any atom is -0.493 e. The van der Waals surface area contributed by atoms with Crippen LogP contribution >= 0.6 is 0 Å². The number of guanidine groups is 1. The van der Waals surface area contributed by atoms with Gasteiger partial charge in [-0.3, -0.25) is 4.99 Å². The Morgan fingerprint density at radius 2 is 1.89 bits per heavy atom. The summed E-state index contributed by atoms with van der Waals surface area (Å²) < 4.78 is 10.9. The first kappa shape index (κ1) is 20.8. The van der Waals surface area contributed by atoms with Crippen molar-refractivity contribution < 1.29 is 9.47 Å². The zero-order chi connectivity index (χ0) is 20.1. The van der Waals surface area contributed by atoms with Crippen molar-refractivity contribution in [1.82, 2.24) is 15.1 Å². The van der Waals surface area contributed by atoms with Gasteiger partial charge in [0.15, 0.2) is 17.5 Å². The molecule has 1 N–H and O–H groups in total. The topological polar surface area (TPSA) is 49.3 Å². The van der Waals surface area contributed by atoms with Gasteiger partial charge < -0.3 is 24.6 Å². The van der Waals surface area contributed by atoms with Crippen LogP contribution in [0.2, 0.25) is 0 Å². The van der Waals surface area contributed by atoms with Crippen molar-refractivity contribution in [2.24, 2.45) is 10.9 Å². The summed E-state index contributed by atoms with van der Waals surface area (Å²) in [6, 6.07) is 4.85. The number of likely N-dealkylation sites (tertiary alicyclic amines) is 1. The Morgan fingerprint density at radius 1 is 1.18 bits per heavy atom. The molecule has 2 heterocycles. The second-order valence-corrected chi connectivity index (χ2v) is 8.17. The van der Waals surface area contributed by atoms with Gasteiger partial charge in [0.25, 0.3) is 0 Å². The minimum absolute atomic E-state index is 0.632. The first-order valence-electron chi connectivity index (χ1n) is 10.5. The molecule has 0 amide bonds. The van der Waals surface area contributed by atoms with E-state index in [0.717, 1.165) is 43.5 Å². The van der Waals surface area contributed by atoms with Gasteiger partial charge in [-0.1, -0.05) is 0 Å². The number of fused-ring (bicyclic) bond motifs is 1. The lowest BCUT2D eigenvalue weighted by atomic mass is 9.97. The van der Waals surface area contributed by atoms with Crippen LogP contribution < -0.4 is 14.8 Å². The molecule has 6 heteroatoms. The van der Waals surface area contributed by atoms with Gasteiger partial charge in [0.1, 0.15) is 0 Å². The molecule has 0 aliphatic carbocycles. The van der Waals surface area contributed by atoms with Crippen molar-refractivity contribution in [3.8, 4) is 11.5 Å². The SMILES string of the molecule is CN=C(NCC1CCCN(C(C)C)C1)N1CCc2cc(OC)c(OC)cc2C1. The van der Waals surface area contributed by atoms with Crippen LogP contribution in [0.4, 0.5) is 0 Å². The summed E-state index contributed by atoms with van der Waals surface area (Å²) in [5.74, 6) is 3.29. The maximum Gasteiger partial charge on any atom is 0.193 e. The molecule has 28 heavy (non-hydrogen) atoms. The molecule has 1 unspecified atom stereocenters. The third-order valence-electron chi connectivity index (χ3n) is 6.06. The molecule has 1 atom stereocenters. The van der Waals surface area contributed by atoms with Crippen molar-refractivity contribution in [3.63, 3.8) is 0 Å². The Kier molecular flexibility index (Phi) is 7.05. The molecule has 0 radical (unpaired) electrons. The van der Waals surface area contributed by atoms with E-state index in [1.165, 1.54) is 37.1 Å². The summed E-state index contributed by atoms with van der Waals surface area (Å²) in [6.45, 7) is 9.80. The second kappa shape index (κ2) is 9.50. The summed E-state index contributed by atoms with van der Waals surface area (Å²) in [5.41, 5.74) is 2.62. The Morgan fingerprint density at radius 3 is 2.54 bits per heavy atom. The van der Waals surface area contributed by atoms with Crippen LogP contribution in [0.15, 0.2) is 17.1 Å². The standard InChI is InChI=1S/C22H36N4O2/c1-16(2)25-9-6-7-17(14-25)13-24-22(23-3)26-10-8-18-11-20(27-4)21(28-5)12-19(18)15-26/h11-12,16-17H,6-10,13-15H2,1-5H3,(H,23,24). The van der Waals surface area contributed by atoms with Crippen molar-refractivity contribution in [2.45, 2.75) is 45.7 Å². The number of hydrogen-bond donors (Lipinski definition) is 1. The summed E-state index contributed by atoms with van der Waals surface area (Å²) in [7, 11) is 5.26. The van der Waals surface area contributed by atoms with E-state index < -0.39 is 0 Å². The number of methoxy groups -OCH3 is 2. The van der Waals surface area contributed by atoms with Crippen LogP contribution in [0.1, 0.15) is 37.8 Å². The van der Waals surface area contributed by atoms with E-state index in [4.69, 9.17) is 9.47 Å². The van der Waals surface area contributed by atoms with Gasteiger partial charge in [-0.2, -0.15) is 0 Å². The van der Waals surface area contributed by atoms with E-state index in [9.17, 15) is 0 Å². The highest BCUT2D eigenvalue weighted by molar-refractivity contribution is 5.80. The van der Waals surface area contributed by atoms with Gasteiger partial charge in [0.2, 0.25) is 0 Å². The molecule has 1 fully saturated rings. The van der Waals surface area contributed by atoms with Gasteiger partial charge >= 0.3 is 0 Å². The van der Waals surface area contributed by atoms with Crippen LogP contribution in [0.5, 0.6) is 11.5 Å². The molecule has 1 aromatic rings. The quantitative estimate of drug-likeness (QED) is 0.621. The molecule has 0 aromatic heterocycles. The smallest absolute Gasteiger partial charge is 0.193 e. The fourth-order valence-corrected chi connectivity index (χ4v) is 4.36. The Balaban J connectivity index is 1.61. The zero-order valence-corrected chi connectivity index (χ0v) is 18.1. The predicted molar refractivity (Wildman–Crippen MR) is 114 cm³/mol. The predicted octanol–water partition coefficient (Wildman–Crippen LogP) is 2.76. The molecular formula is C22H36N4O2. The lowest BCUT2D eigenvalue weighted by molar-refractivity contribution is 0.140. The van der Waals surface area contributed by atoms with E-state index in [1.807, 2.05) is 7.05 Å². The van der Waals surface area contributed by atoms with Gasteiger partial charge in [0.05, 0.1) is 14.2 Å². The van der Waals surface area contributed by atoms with E-state index >= 15 is 0 Å². The average Bonchev–Trinajstić information content (AvgIpc) is 2.73. The van der Waals surface area contributed by atoms with Gasteiger partial charge in [-0.05, 0) is 68.8 Å². The van der Waals surface area contributed by atoms with Crippen molar-refractivity contribution in [3.05, 3.63) is 23.3 Å². The number of nitrogens with one attached hydrogen (secondary N) is 1. The maximum atomic E-state index is 5.49. The molecule has 0 bridgehead atoms. The first-order chi connectivity index (χ1) is 13.5.